The average Bonchev–Trinajstić information content (AvgIpc) is 2.49. The van der Waals surface area contributed by atoms with Crippen LogP contribution in [-0.2, 0) is 4.79 Å². The summed E-state index contributed by atoms with van der Waals surface area (Å²) in [5, 5.41) is 5.85. The summed E-state index contributed by atoms with van der Waals surface area (Å²) in [5.41, 5.74) is 0.851. The maximum atomic E-state index is 13.9. The quantitative estimate of drug-likeness (QED) is 0.688. The smallest absolute Gasteiger partial charge is 0.258 e. The summed E-state index contributed by atoms with van der Waals surface area (Å²) in [6.07, 6.45) is 2.59. The summed E-state index contributed by atoms with van der Waals surface area (Å²) in [7, 11) is 0. The molecule has 5 heteroatoms. The van der Waals surface area contributed by atoms with E-state index in [0.717, 1.165) is 18.5 Å². The molecule has 21 heavy (non-hydrogen) atoms. The van der Waals surface area contributed by atoms with E-state index >= 15 is 0 Å². The number of benzene rings is 1. The number of carbonyl (C=O) groups excluding carboxylic acids is 1. The summed E-state index contributed by atoms with van der Waals surface area (Å²) in [6, 6.07) is 4.86. The topological polar surface area (TPSA) is 50.4 Å². The summed E-state index contributed by atoms with van der Waals surface area (Å²) in [5.74, 6) is -0.694. The van der Waals surface area contributed by atoms with Crippen LogP contribution in [0.2, 0.25) is 0 Å². The van der Waals surface area contributed by atoms with Gasteiger partial charge in [-0.15, -0.1) is 6.58 Å². The molecule has 1 aromatic rings. The van der Waals surface area contributed by atoms with Gasteiger partial charge in [0.25, 0.3) is 5.91 Å². The first kappa shape index (κ1) is 17.2. The van der Waals surface area contributed by atoms with Crippen LogP contribution in [0.4, 0.5) is 4.39 Å². The Balaban J connectivity index is 2.57. The third-order valence-electron chi connectivity index (χ3n) is 2.96. The second-order valence-corrected chi connectivity index (χ2v) is 4.75. The van der Waals surface area contributed by atoms with Gasteiger partial charge in [0.1, 0.15) is 0 Å². The Morgan fingerprint density at radius 1 is 1.52 bits per heavy atom. The first-order valence-corrected chi connectivity index (χ1v) is 7.11. The Morgan fingerprint density at radius 2 is 2.29 bits per heavy atom. The van der Waals surface area contributed by atoms with Gasteiger partial charge in [-0.2, -0.15) is 0 Å². The molecular formula is C16H23FN2O2. The SMILES string of the molecule is C=CCNC(=O)COc1ccc(C(C)NCCC)cc1F. The molecule has 0 bridgehead atoms. The number of hydrogen-bond donors (Lipinski definition) is 2. The largest absolute Gasteiger partial charge is 0.481 e. The second kappa shape index (κ2) is 9.13. The number of carbonyl (C=O) groups is 1. The van der Waals surface area contributed by atoms with Crippen molar-refractivity contribution in [2.75, 3.05) is 19.7 Å². The van der Waals surface area contributed by atoms with Crippen molar-refractivity contribution >= 4 is 5.91 Å². The fourth-order valence-corrected chi connectivity index (χ4v) is 1.76. The number of halogens is 1. The van der Waals surface area contributed by atoms with E-state index in [-0.39, 0.29) is 24.3 Å². The zero-order valence-electron chi connectivity index (χ0n) is 12.6. The molecule has 0 aliphatic rings. The molecule has 4 nitrogen and oxygen atoms in total. The van der Waals surface area contributed by atoms with Crippen LogP contribution in [0.15, 0.2) is 30.9 Å². The van der Waals surface area contributed by atoms with Crippen LogP contribution in [0.1, 0.15) is 31.9 Å². The van der Waals surface area contributed by atoms with E-state index in [4.69, 9.17) is 4.74 Å². The highest BCUT2D eigenvalue weighted by Gasteiger charge is 2.10. The Kier molecular flexibility index (Phi) is 7.46. The molecule has 0 aliphatic carbocycles. The van der Waals surface area contributed by atoms with E-state index in [0.29, 0.717) is 6.54 Å². The molecule has 0 radical (unpaired) electrons. The zero-order chi connectivity index (χ0) is 15.7. The molecular weight excluding hydrogens is 271 g/mol. The Bertz CT molecular complexity index is 477. The molecule has 0 fully saturated rings. The van der Waals surface area contributed by atoms with Gasteiger partial charge in [0.15, 0.2) is 18.2 Å². The Hall–Kier alpha value is -1.88. The van der Waals surface area contributed by atoms with Gasteiger partial charge in [0.2, 0.25) is 0 Å². The van der Waals surface area contributed by atoms with Crippen LogP contribution >= 0.6 is 0 Å². The molecule has 1 unspecified atom stereocenters. The van der Waals surface area contributed by atoms with Gasteiger partial charge in [-0.25, -0.2) is 4.39 Å². The molecule has 0 aromatic heterocycles. The molecule has 1 amide bonds. The highest BCUT2D eigenvalue weighted by atomic mass is 19.1. The van der Waals surface area contributed by atoms with Crippen molar-refractivity contribution in [2.24, 2.45) is 0 Å². The predicted molar refractivity (Wildman–Crippen MR) is 81.8 cm³/mol. The molecule has 2 N–H and O–H groups in total. The van der Waals surface area contributed by atoms with Crippen LogP contribution in [0.25, 0.3) is 0 Å². The van der Waals surface area contributed by atoms with Crippen molar-refractivity contribution < 1.29 is 13.9 Å². The lowest BCUT2D eigenvalue weighted by Gasteiger charge is -2.15. The number of amides is 1. The van der Waals surface area contributed by atoms with Crippen molar-refractivity contribution in [3.8, 4) is 5.75 Å². The molecule has 0 aliphatic heterocycles. The minimum Gasteiger partial charge on any atom is -0.481 e. The van der Waals surface area contributed by atoms with Gasteiger partial charge in [-0.3, -0.25) is 4.79 Å². The first-order valence-electron chi connectivity index (χ1n) is 7.11. The first-order chi connectivity index (χ1) is 10.1. The van der Waals surface area contributed by atoms with E-state index in [2.05, 4.69) is 24.1 Å². The van der Waals surface area contributed by atoms with Crippen molar-refractivity contribution in [3.63, 3.8) is 0 Å². The number of ether oxygens (including phenoxy) is 1. The average molecular weight is 294 g/mol. The van der Waals surface area contributed by atoms with Crippen LogP contribution in [0, 0.1) is 5.82 Å². The molecule has 0 heterocycles. The van der Waals surface area contributed by atoms with Crippen molar-refractivity contribution in [3.05, 3.63) is 42.2 Å². The van der Waals surface area contributed by atoms with Crippen LogP contribution in [0.5, 0.6) is 5.75 Å². The van der Waals surface area contributed by atoms with Gasteiger partial charge in [-0.1, -0.05) is 19.1 Å². The van der Waals surface area contributed by atoms with Gasteiger partial charge in [-0.05, 0) is 37.6 Å². The number of rotatable bonds is 9. The van der Waals surface area contributed by atoms with Gasteiger partial charge in [0, 0.05) is 12.6 Å². The minimum absolute atomic E-state index is 0.0735. The van der Waals surface area contributed by atoms with E-state index in [1.165, 1.54) is 6.07 Å². The summed E-state index contributed by atoms with van der Waals surface area (Å²) >= 11 is 0. The van der Waals surface area contributed by atoms with Crippen LogP contribution in [-0.4, -0.2) is 25.6 Å². The van der Waals surface area contributed by atoms with Crippen molar-refractivity contribution in [1.29, 1.82) is 0 Å². The van der Waals surface area contributed by atoms with E-state index in [1.54, 1.807) is 18.2 Å². The lowest BCUT2D eigenvalue weighted by Crippen LogP contribution is -2.29. The fourth-order valence-electron chi connectivity index (χ4n) is 1.76. The van der Waals surface area contributed by atoms with Crippen LogP contribution < -0.4 is 15.4 Å². The zero-order valence-corrected chi connectivity index (χ0v) is 12.6. The summed E-state index contributed by atoms with van der Waals surface area (Å²) in [4.78, 5) is 11.4. The van der Waals surface area contributed by atoms with Gasteiger partial charge >= 0.3 is 0 Å². The second-order valence-electron chi connectivity index (χ2n) is 4.75. The molecule has 0 saturated heterocycles. The van der Waals surface area contributed by atoms with E-state index in [9.17, 15) is 9.18 Å². The van der Waals surface area contributed by atoms with Crippen LogP contribution in [0.3, 0.4) is 0 Å². The fraction of sp³-hybridized carbons (Fsp3) is 0.438. The Labute approximate surface area is 125 Å². The predicted octanol–water partition coefficient (Wildman–Crippen LogP) is 2.57. The highest BCUT2D eigenvalue weighted by Crippen LogP contribution is 2.22. The third-order valence-corrected chi connectivity index (χ3v) is 2.96. The minimum atomic E-state index is -0.464. The molecule has 1 atom stereocenters. The summed E-state index contributed by atoms with van der Waals surface area (Å²) < 4.78 is 19.1. The van der Waals surface area contributed by atoms with E-state index < -0.39 is 5.82 Å². The third kappa shape index (κ3) is 5.95. The lowest BCUT2D eigenvalue weighted by atomic mass is 10.1. The number of hydrogen-bond acceptors (Lipinski definition) is 3. The molecule has 0 spiro atoms. The Morgan fingerprint density at radius 3 is 2.90 bits per heavy atom. The maximum absolute atomic E-state index is 13.9. The summed E-state index contributed by atoms with van der Waals surface area (Å²) in [6.45, 7) is 8.58. The molecule has 1 rings (SSSR count). The molecule has 0 saturated carbocycles. The number of nitrogens with one attached hydrogen (secondary N) is 2. The van der Waals surface area contributed by atoms with Gasteiger partial charge in [0.05, 0.1) is 0 Å². The molecule has 1 aromatic carbocycles. The van der Waals surface area contributed by atoms with Crippen molar-refractivity contribution in [2.45, 2.75) is 26.3 Å². The standard InChI is InChI=1S/C16H23FN2O2/c1-4-8-18-12(3)13-6-7-15(14(17)10-13)21-11-16(20)19-9-5-2/h5-7,10,12,18H,2,4,8-9,11H2,1,3H3,(H,19,20). The van der Waals surface area contributed by atoms with Gasteiger partial charge < -0.3 is 15.4 Å². The van der Waals surface area contributed by atoms with E-state index in [1.807, 2.05) is 6.92 Å². The maximum Gasteiger partial charge on any atom is 0.258 e. The molecule has 116 valence electrons. The lowest BCUT2D eigenvalue weighted by molar-refractivity contribution is -0.122. The monoisotopic (exact) mass is 294 g/mol. The normalized spacial score (nSPS) is 11.8. The highest BCUT2D eigenvalue weighted by molar-refractivity contribution is 5.77. The van der Waals surface area contributed by atoms with Crippen molar-refractivity contribution in [1.82, 2.24) is 10.6 Å².